The van der Waals surface area contributed by atoms with Gasteiger partial charge in [-0.15, -0.1) is 0 Å². The molecule has 1 heteroatoms. The van der Waals surface area contributed by atoms with Gasteiger partial charge in [-0.3, -0.25) is 0 Å². The van der Waals surface area contributed by atoms with Crippen LogP contribution in [-0.2, 0) is 0 Å². The predicted molar refractivity (Wildman–Crippen MR) is 29.8 cm³/mol. The molecule has 41 valence electrons. The van der Waals surface area contributed by atoms with E-state index in [9.17, 15) is 0 Å². The van der Waals surface area contributed by atoms with Crippen molar-refractivity contribution in [1.82, 2.24) is 0 Å². The number of hydrogen-bond acceptors (Lipinski definition) is 1. The second-order valence-corrected chi connectivity index (χ2v) is 1.46. The molecule has 0 aromatic rings. The Balaban J connectivity index is 3.08. The van der Waals surface area contributed by atoms with Crippen LogP contribution >= 0.6 is 0 Å². The van der Waals surface area contributed by atoms with Gasteiger partial charge in [0.15, 0.2) is 0 Å². The molecule has 0 amide bonds. The summed E-state index contributed by atoms with van der Waals surface area (Å²) in [6.45, 7) is 3.70. The molecule has 0 rings (SSSR count). The second-order valence-electron chi connectivity index (χ2n) is 1.46. The molecule has 7 heavy (non-hydrogen) atoms. The van der Waals surface area contributed by atoms with E-state index in [-0.39, 0.29) is 0 Å². The maximum absolute atomic E-state index is 8.54. The summed E-state index contributed by atoms with van der Waals surface area (Å²) in [5.74, 6) is 0. The Bertz CT molecular complexity index is 55.2. The first kappa shape index (κ1) is 6.70. The summed E-state index contributed by atoms with van der Waals surface area (Å²) in [5.41, 5.74) is 0. The zero-order valence-corrected chi connectivity index (χ0v) is 4.81. The van der Waals surface area contributed by atoms with Crippen LogP contribution < -0.4 is 0 Å². The fraction of sp³-hybridized carbons (Fsp3) is 0.667. The van der Waals surface area contributed by atoms with Crippen LogP contribution in [0.4, 0.5) is 0 Å². The second kappa shape index (κ2) is 3.88. The zero-order valence-electron chi connectivity index (χ0n) is 4.81. The lowest BCUT2D eigenvalue weighted by Crippen LogP contribution is -1.91. The molecule has 0 heterocycles. The number of aliphatic hydroxyl groups excluding tert-OH is 1. The molecule has 0 saturated carbocycles. The molecule has 1 radical (unpaired) electrons. The lowest BCUT2D eigenvalue weighted by molar-refractivity contribution is 0.236. The van der Waals surface area contributed by atoms with Crippen LogP contribution in [0.1, 0.15) is 20.3 Å². The molecule has 1 N–H and O–H groups in total. The summed E-state index contributed by atoms with van der Waals surface area (Å²) in [5, 5.41) is 8.54. The Morgan fingerprint density at radius 3 is 2.57 bits per heavy atom. The minimum atomic E-state index is -0.403. The van der Waals surface area contributed by atoms with Crippen molar-refractivity contribution in [3.05, 3.63) is 12.2 Å². The van der Waals surface area contributed by atoms with Gasteiger partial charge in [0.05, 0.1) is 6.10 Å². The molecular formula is C6H11O. The smallest absolute Gasteiger partial charge is 0.0762 e. The van der Waals surface area contributed by atoms with E-state index in [1.54, 1.807) is 6.92 Å². The highest BCUT2D eigenvalue weighted by atomic mass is 16.3. The van der Waals surface area contributed by atoms with E-state index in [4.69, 9.17) is 5.11 Å². The van der Waals surface area contributed by atoms with Gasteiger partial charge in [0.25, 0.3) is 0 Å². The molecule has 0 aliphatic heterocycles. The van der Waals surface area contributed by atoms with Crippen molar-refractivity contribution in [2.75, 3.05) is 0 Å². The first-order chi connectivity index (χ1) is 3.27. The summed E-state index contributed by atoms with van der Waals surface area (Å²) < 4.78 is 0. The topological polar surface area (TPSA) is 20.2 Å². The SMILES string of the molecule is CC/C=[C]/C(C)O. The number of hydrogen-bond donors (Lipinski definition) is 1. The Kier molecular flexibility index (Phi) is 3.71. The standard InChI is InChI=1S/C6H11O/c1-3-4-5-6(2)7/h4,6-7H,3H2,1-2H3. The molecular weight excluding hydrogens is 88.1 g/mol. The first-order valence-electron chi connectivity index (χ1n) is 2.53. The lowest BCUT2D eigenvalue weighted by Gasteiger charge is -1.87. The zero-order chi connectivity index (χ0) is 5.70. The van der Waals surface area contributed by atoms with Crippen molar-refractivity contribution in [3.8, 4) is 0 Å². The van der Waals surface area contributed by atoms with Crippen molar-refractivity contribution < 1.29 is 5.11 Å². The molecule has 0 bridgehead atoms. The van der Waals surface area contributed by atoms with Crippen molar-refractivity contribution in [2.45, 2.75) is 26.4 Å². The Morgan fingerprint density at radius 1 is 1.86 bits per heavy atom. The van der Waals surface area contributed by atoms with Crippen LogP contribution in [0.5, 0.6) is 0 Å². The maximum atomic E-state index is 8.54. The monoisotopic (exact) mass is 99.1 g/mol. The third-order valence-corrected chi connectivity index (χ3v) is 0.563. The van der Waals surface area contributed by atoms with Crippen molar-refractivity contribution >= 4 is 0 Å². The van der Waals surface area contributed by atoms with Gasteiger partial charge < -0.3 is 5.11 Å². The van der Waals surface area contributed by atoms with Crippen LogP contribution in [0.2, 0.25) is 0 Å². The quantitative estimate of drug-likeness (QED) is 0.550. The van der Waals surface area contributed by atoms with Crippen LogP contribution in [0.15, 0.2) is 6.08 Å². The Labute approximate surface area is 44.7 Å². The minimum Gasteiger partial charge on any atom is -0.389 e. The fourth-order valence-electron chi connectivity index (χ4n) is 0.288. The van der Waals surface area contributed by atoms with Crippen molar-refractivity contribution in [1.29, 1.82) is 0 Å². The van der Waals surface area contributed by atoms with E-state index in [1.165, 1.54) is 0 Å². The van der Waals surface area contributed by atoms with Gasteiger partial charge in [-0.05, 0) is 19.4 Å². The van der Waals surface area contributed by atoms with Gasteiger partial charge in [-0.25, -0.2) is 0 Å². The number of aliphatic hydroxyl groups is 1. The van der Waals surface area contributed by atoms with Crippen LogP contribution in [0, 0.1) is 6.08 Å². The third-order valence-electron chi connectivity index (χ3n) is 0.563. The van der Waals surface area contributed by atoms with Gasteiger partial charge in [0, 0.05) is 0 Å². The number of allylic oxidation sites excluding steroid dienone is 1. The fourth-order valence-corrected chi connectivity index (χ4v) is 0.288. The van der Waals surface area contributed by atoms with Crippen molar-refractivity contribution in [2.24, 2.45) is 0 Å². The molecule has 0 aliphatic rings. The molecule has 1 atom stereocenters. The minimum absolute atomic E-state index is 0.403. The molecule has 0 aromatic heterocycles. The van der Waals surface area contributed by atoms with Gasteiger partial charge in [0.1, 0.15) is 0 Å². The normalized spacial score (nSPS) is 15.3. The van der Waals surface area contributed by atoms with Gasteiger partial charge >= 0.3 is 0 Å². The van der Waals surface area contributed by atoms with E-state index >= 15 is 0 Å². The highest BCUT2D eigenvalue weighted by molar-refractivity contribution is 4.75. The van der Waals surface area contributed by atoms with E-state index in [2.05, 4.69) is 6.08 Å². The third kappa shape index (κ3) is 5.70. The molecule has 0 fully saturated rings. The van der Waals surface area contributed by atoms with Crippen LogP contribution in [-0.4, -0.2) is 11.2 Å². The lowest BCUT2D eigenvalue weighted by atomic mass is 10.3. The van der Waals surface area contributed by atoms with Crippen LogP contribution in [0.3, 0.4) is 0 Å². The highest BCUT2D eigenvalue weighted by Gasteiger charge is 1.81. The van der Waals surface area contributed by atoms with E-state index in [0.29, 0.717) is 0 Å². The summed E-state index contributed by atoms with van der Waals surface area (Å²) in [7, 11) is 0. The van der Waals surface area contributed by atoms with Crippen LogP contribution in [0.25, 0.3) is 0 Å². The molecule has 0 spiro atoms. The first-order valence-corrected chi connectivity index (χ1v) is 2.53. The van der Waals surface area contributed by atoms with E-state index in [1.807, 2.05) is 13.0 Å². The Morgan fingerprint density at radius 2 is 2.43 bits per heavy atom. The molecule has 0 saturated heterocycles. The van der Waals surface area contributed by atoms with Gasteiger partial charge in [-0.2, -0.15) is 0 Å². The maximum Gasteiger partial charge on any atom is 0.0762 e. The van der Waals surface area contributed by atoms with Gasteiger partial charge in [0.2, 0.25) is 0 Å². The molecule has 1 unspecified atom stereocenters. The van der Waals surface area contributed by atoms with Gasteiger partial charge in [-0.1, -0.05) is 13.0 Å². The predicted octanol–water partition coefficient (Wildman–Crippen LogP) is 1.14. The molecule has 1 nitrogen and oxygen atoms in total. The molecule has 0 aromatic carbocycles. The summed E-state index contributed by atoms with van der Waals surface area (Å²) >= 11 is 0. The summed E-state index contributed by atoms with van der Waals surface area (Å²) in [6, 6.07) is 0. The Hall–Kier alpha value is -0.300. The van der Waals surface area contributed by atoms with Crippen molar-refractivity contribution in [3.63, 3.8) is 0 Å². The van der Waals surface area contributed by atoms with E-state index in [0.717, 1.165) is 6.42 Å². The summed E-state index contributed by atoms with van der Waals surface area (Å²) in [6.07, 6.45) is 5.10. The highest BCUT2D eigenvalue weighted by Crippen LogP contribution is 1.82. The molecule has 0 aliphatic carbocycles. The average Bonchev–Trinajstić information content (AvgIpc) is 1.61. The summed E-state index contributed by atoms with van der Waals surface area (Å²) in [4.78, 5) is 0. The largest absolute Gasteiger partial charge is 0.389 e. The van der Waals surface area contributed by atoms with E-state index < -0.39 is 6.10 Å². The number of rotatable bonds is 2. The average molecular weight is 99.2 g/mol.